The van der Waals surface area contributed by atoms with Gasteiger partial charge in [0.1, 0.15) is 0 Å². The molecule has 0 saturated carbocycles. The molecule has 0 aromatic carbocycles. The van der Waals surface area contributed by atoms with Gasteiger partial charge in [-0.05, 0) is 48.1 Å². The fourth-order valence-corrected chi connectivity index (χ4v) is 4.65. The van der Waals surface area contributed by atoms with E-state index in [2.05, 4.69) is 0 Å². The summed E-state index contributed by atoms with van der Waals surface area (Å²) in [6.07, 6.45) is 3.41. The number of carbonyl (C=O) groups excluding carboxylic acids is 1. The highest BCUT2D eigenvalue weighted by molar-refractivity contribution is 7.08. The Labute approximate surface area is 138 Å². The monoisotopic (exact) mass is 339 g/mol. The largest absolute Gasteiger partial charge is 0.483 e. The van der Waals surface area contributed by atoms with Crippen molar-refractivity contribution in [1.82, 2.24) is 4.90 Å². The summed E-state index contributed by atoms with van der Waals surface area (Å²) in [5, 5.41) is 20.4. The summed E-state index contributed by atoms with van der Waals surface area (Å²) < 4.78 is 0. The Kier molecular flexibility index (Phi) is 5.41. The quantitative estimate of drug-likeness (QED) is 0.820. The van der Waals surface area contributed by atoms with Crippen LogP contribution in [0.5, 0.6) is 0 Å². The summed E-state index contributed by atoms with van der Waals surface area (Å²) in [6, 6.07) is 1.98. The lowest BCUT2D eigenvalue weighted by Gasteiger charge is -2.32. The second-order valence-corrected chi connectivity index (χ2v) is 6.76. The maximum atomic E-state index is 12.5. The molecule has 3 rings (SSSR count). The molecule has 2 fully saturated rings. The summed E-state index contributed by atoms with van der Waals surface area (Å²) in [6.45, 7) is 1.68. The lowest BCUT2D eigenvalue weighted by Crippen LogP contribution is -2.45. The molecule has 23 heavy (non-hydrogen) atoms. The Bertz CT molecular complexity index is 573. The Hall–Kier alpha value is -1.89. The van der Waals surface area contributed by atoms with Gasteiger partial charge in [-0.25, -0.2) is 0 Å². The van der Waals surface area contributed by atoms with Gasteiger partial charge in [0, 0.05) is 12.1 Å². The van der Waals surface area contributed by atoms with E-state index in [0.717, 1.165) is 18.4 Å². The zero-order valence-electron chi connectivity index (χ0n) is 13.0. The van der Waals surface area contributed by atoms with Crippen LogP contribution in [0.15, 0.2) is 16.8 Å². The molecule has 2 N–H and O–H groups in total. The van der Waals surface area contributed by atoms with E-state index in [0.29, 0.717) is 19.3 Å². The number of rotatable bonds is 4. The molecule has 126 valence electrons. The van der Waals surface area contributed by atoms with Crippen molar-refractivity contribution in [2.45, 2.75) is 51.1 Å². The zero-order valence-corrected chi connectivity index (χ0v) is 13.8. The van der Waals surface area contributed by atoms with Gasteiger partial charge in [-0.2, -0.15) is 11.3 Å². The van der Waals surface area contributed by atoms with Gasteiger partial charge in [0.15, 0.2) is 0 Å². The maximum absolute atomic E-state index is 12.5. The molecule has 0 radical (unpaired) electrons. The van der Waals surface area contributed by atoms with Gasteiger partial charge in [-0.1, -0.05) is 6.92 Å². The van der Waals surface area contributed by atoms with E-state index < -0.39 is 11.4 Å². The van der Waals surface area contributed by atoms with E-state index in [1.807, 2.05) is 28.7 Å². The average molecular weight is 339 g/mol. The minimum Gasteiger partial charge on any atom is -0.483 e. The Morgan fingerprint density at radius 2 is 2.17 bits per heavy atom. The number of carbonyl (C=O) groups is 3. The fraction of sp³-hybridized carbons (Fsp3) is 0.562. The first-order chi connectivity index (χ1) is 11.0. The average Bonchev–Trinajstić information content (AvgIpc) is 3.22. The molecule has 3 atom stereocenters. The number of hydrogen-bond acceptors (Lipinski definition) is 4. The Morgan fingerprint density at radius 1 is 1.48 bits per heavy atom. The first-order valence-corrected chi connectivity index (χ1v) is 8.58. The van der Waals surface area contributed by atoms with Crippen LogP contribution in [0.4, 0.5) is 0 Å². The van der Waals surface area contributed by atoms with Crippen LogP contribution in [0.1, 0.15) is 38.2 Å². The SMILES string of the molecule is CC[C@@]1(C(=O)O)C[C@@H]2CC[C@H]1N2C(=O)Cc1ccsc1.O=CO. The predicted molar refractivity (Wildman–Crippen MR) is 85.3 cm³/mol. The molecule has 1 aromatic heterocycles. The third-order valence-corrected chi connectivity index (χ3v) is 5.75. The standard InChI is InChI=1S/C15H19NO3S.CH2O2/c1-2-15(14(18)19)8-11-3-4-12(15)16(11)13(17)7-10-5-6-20-9-10;2-1-3/h5-6,9,11-12H,2-4,7-8H2,1H3,(H,18,19);1H,(H,2,3)/t11-,12+,15+;/m0./s1. The van der Waals surface area contributed by atoms with Crippen LogP contribution in [0.2, 0.25) is 0 Å². The number of fused-ring (bicyclic) bond motifs is 2. The van der Waals surface area contributed by atoms with Crippen LogP contribution in [0, 0.1) is 5.41 Å². The van der Waals surface area contributed by atoms with Crippen LogP contribution in [-0.4, -0.2) is 45.5 Å². The van der Waals surface area contributed by atoms with Crippen LogP contribution >= 0.6 is 11.3 Å². The smallest absolute Gasteiger partial charge is 0.311 e. The van der Waals surface area contributed by atoms with Crippen LogP contribution < -0.4 is 0 Å². The minimum atomic E-state index is -0.736. The predicted octanol–water partition coefficient (Wildman–Crippen LogP) is 2.24. The molecule has 1 aromatic rings. The van der Waals surface area contributed by atoms with Crippen molar-refractivity contribution in [3.63, 3.8) is 0 Å². The van der Waals surface area contributed by atoms with Crippen molar-refractivity contribution in [1.29, 1.82) is 0 Å². The van der Waals surface area contributed by atoms with Gasteiger partial charge in [0.25, 0.3) is 6.47 Å². The molecule has 2 aliphatic rings. The number of carboxylic acid groups (broad SMARTS) is 2. The third kappa shape index (κ3) is 3.10. The third-order valence-electron chi connectivity index (χ3n) is 5.02. The van der Waals surface area contributed by atoms with Gasteiger partial charge in [0.2, 0.25) is 5.91 Å². The molecular weight excluding hydrogens is 318 g/mol. The minimum absolute atomic E-state index is 0.0903. The molecule has 3 heterocycles. The molecule has 2 aliphatic heterocycles. The number of aliphatic carboxylic acids is 1. The molecule has 0 aliphatic carbocycles. The van der Waals surface area contributed by atoms with Crippen LogP contribution in [0.25, 0.3) is 0 Å². The van der Waals surface area contributed by atoms with E-state index in [9.17, 15) is 14.7 Å². The molecule has 2 bridgehead atoms. The number of hydrogen-bond donors (Lipinski definition) is 2. The molecular formula is C16H21NO5S. The number of carboxylic acids is 1. The topological polar surface area (TPSA) is 94.9 Å². The van der Waals surface area contributed by atoms with Crippen molar-refractivity contribution >= 4 is 29.7 Å². The second kappa shape index (κ2) is 7.12. The highest BCUT2D eigenvalue weighted by atomic mass is 32.1. The van der Waals surface area contributed by atoms with Crippen molar-refractivity contribution in [3.8, 4) is 0 Å². The number of thiophene rings is 1. The lowest BCUT2D eigenvalue weighted by molar-refractivity contribution is -0.151. The van der Waals surface area contributed by atoms with E-state index >= 15 is 0 Å². The number of amides is 1. The molecule has 7 heteroatoms. The normalized spacial score (nSPS) is 28.1. The summed E-state index contributed by atoms with van der Waals surface area (Å²) in [7, 11) is 0. The van der Waals surface area contributed by atoms with Gasteiger partial charge >= 0.3 is 5.97 Å². The summed E-state index contributed by atoms with van der Waals surface area (Å²) in [5.74, 6) is -0.645. The van der Waals surface area contributed by atoms with Crippen molar-refractivity contribution < 1.29 is 24.6 Å². The molecule has 1 amide bonds. The van der Waals surface area contributed by atoms with E-state index in [-0.39, 0.29) is 24.5 Å². The van der Waals surface area contributed by atoms with E-state index in [4.69, 9.17) is 9.90 Å². The van der Waals surface area contributed by atoms with Crippen molar-refractivity contribution in [2.75, 3.05) is 0 Å². The number of nitrogens with zero attached hydrogens (tertiary/aromatic N) is 1. The Morgan fingerprint density at radius 3 is 2.65 bits per heavy atom. The summed E-state index contributed by atoms with van der Waals surface area (Å²) >= 11 is 1.59. The van der Waals surface area contributed by atoms with Crippen molar-refractivity contribution in [2.24, 2.45) is 5.41 Å². The van der Waals surface area contributed by atoms with Gasteiger partial charge in [0.05, 0.1) is 11.8 Å². The highest BCUT2D eigenvalue weighted by Gasteiger charge is 2.60. The molecule has 0 unspecified atom stereocenters. The van der Waals surface area contributed by atoms with Gasteiger partial charge in [-0.3, -0.25) is 14.4 Å². The first-order valence-electron chi connectivity index (χ1n) is 7.63. The molecule has 0 spiro atoms. The fourth-order valence-electron chi connectivity index (χ4n) is 3.98. The van der Waals surface area contributed by atoms with Crippen LogP contribution in [-0.2, 0) is 20.8 Å². The van der Waals surface area contributed by atoms with Crippen molar-refractivity contribution in [3.05, 3.63) is 22.4 Å². The highest BCUT2D eigenvalue weighted by Crippen LogP contribution is 2.52. The summed E-state index contributed by atoms with van der Waals surface area (Å²) in [5.41, 5.74) is 0.316. The van der Waals surface area contributed by atoms with E-state index in [1.54, 1.807) is 11.3 Å². The van der Waals surface area contributed by atoms with E-state index in [1.165, 1.54) is 0 Å². The molecule has 2 saturated heterocycles. The van der Waals surface area contributed by atoms with Gasteiger partial charge < -0.3 is 15.1 Å². The maximum Gasteiger partial charge on any atom is 0.311 e. The van der Waals surface area contributed by atoms with Crippen LogP contribution in [0.3, 0.4) is 0 Å². The first kappa shape index (κ1) is 17.5. The Balaban J connectivity index is 0.000000595. The zero-order chi connectivity index (χ0) is 17.0. The second-order valence-electron chi connectivity index (χ2n) is 5.98. The summed E-state index contributed by atoms with van der Waals surface area (Å²) in [4.78, 5) is 34.5. The van der Waals surface area contributed by atoms with Gasteiger partial charge in [-0.15, -0.1) is 0 Å². The lowest BCUT2D eigenvalue weighted by atomic mass is 9.72. The molecule has 6 nitrogen and oxygen atoms in total.